The Balaban J connectivity index is 2.59. The van der Waals surface area contributed by atoms with Gasteiger partial charge in [0.05, 0.1) is 19.3 Å². The van der Waals surface area contributed by atoms with Gasteiger partial charge < -0.3 is 24.8 Å². The number of hydrogen-bond acceptors (Lipinski definition) is 4. The van der Waals surface area contributed by atoms with E-state index in [4.69, 9.17) is 14.2 Å². The number of nitrogens with zero attached hydrogens (tertiary/aromatic N) is 1. The summed E-state index contributed by atoms with van der Waals surface area (Å²) in [5.41, 5.74) is 1.19. The Bertz CT molecular complexity index is 524. The molecule has 0 aliphatic rings. The second-order valence-corrected chi connectivity index (χ2v) is 7.15. The van der Waals surface area contributed by atoms with E-state index in [-0.39, 0.29) is 11.5 Å². The largest absolute Gasteiger partial charge is 0.491 e. The highest BCUT2D eigenvalue weighted by molar-refractivity contribution is 5.79. The van der Waals surface area contributed by atoms with Gasteiger partial charge in [-0.15, -0.1) is 0 Å². The first-order valence-electron chi connectivity index (χ1n) is 9.16. The van der Waals surface area contributed by atoms with Crippen molar-refractivity contribution in [3.8, 4) is 5.75 Å². The second kappa shape index (κ2) is 11.8. The third kappa shape index (κ3) is 8.54. The van der Waals surface area contributed by atoms with Crippen LogP contribution in [-0.2, 0) is 16.0 Å². The number of benzene rings is 1. The van der Waals surface area contributed by atoms with E-state index >= 15 is 0 Å². The fourth-order valence-corrected chi connectivity index (χ4v) is 2.38. The van der Waals surface area contributed by atoms with E-state index in [2.05, 4.69) is 43.3 Å². The lowest BCUT2D eigenvalue weighted by Gasteiger charge is -2.30. The van der Waals surface area contributed by atoms with Crippen molar-refractivity contribution in [2.75, 3.05) is 40.5 Å². The summed E-state index contributed by atoms with van der Waals surface area (Å²) in [4.78, 5) is 4.66. The van der Waals surface area contributed by atoms with E-state index < -0.39 is 0 Å². The maximum absolute atomic E-state index is 5.59. The summed E-state index contributed by atoms with van der Waals surface area (Å²) in [6.45, 7) is 11.8. The number of methoxy groups -OCH3 is 2. The third-order valence-electron chi connectivity index (χ3n) is 3.95. The quantitative estimate of drug-likeness (QED) is 0.379. The molecule has 6 nitrogen and oxygen atoms in total. The van der Waals surface area contributed by atoms with Gasteiger partial charge >= 0.3 is 0 Å². The molecule has 0 aliphatic carbocycles. The lowest BCUT2D eigenvalue weighted by Crippen LogP contribution is -2.45. The maximum Gasteiger partial charge on any atom is 0.191 e. The van der Waals surface area contributed by atoms with Crippen LogP contribution in [0.2, 0.25) is 0 Å². The van der Waals surface area contributed by atoms with E-state index in [1.807, 2.05) is 24.3 Å². The normalized spacial score (nSPS) is 13.4. The van der Waals surface area contributed by atoms with Crippen molar-refractivity contribution in [1.82, 2.24) is 10.6 Å². The Morgan fingerprint density at radius 2 is 1.77 bits per heavy atom. The Labute approximate surface area is 158 Å². The smallest absolute Gasteiger partial charge is 0.191 e. The van der Waals surface area contributed by atoms with Gasteiger partial charge in [0.15, 0.2) is 5.96 Å². The second-order valence-electron chi connectivity index (χ2n) is 7.15. The first-order valence-corrected chi connectivity index (χ1v) is 9.16. The van der Waals surface area contributed by atoms with E-state index in [9.17, 15) is 0 Å². The average molecular weight is 366 g/mol. The van der Waals surface area contributed by atoms with Crippen LogP contribution in [0.5, 0.6) is 5.75 Å². The minimum absolute atomic E-state index is 0.0672. The molecule has 0 bridgehead atoms. The Hall–Kier alpha value is -1.79. The predicted octanol–water partition coefficient (Wildman–Crippen LogP) is 2.83. The van der Waals surface area contributed by atoms with E-state index in [1.165, 1.54) is 0 Å². The van der Waals surface area contributed by atoms with Gasteiger partial charge in [0.25, 0.3) is 0 Å². The Kier molecular flexibility index (Phi) is 10.1. The van der Waals surface area contributed by atoms with Gasteiger partial charge in [0, 0.05) is 27.3 Å². The molecular weight excluding hydrogens is 330 g/mol. The first-order chi connectivity index (χ1) is 12.4. The van der Waals surface area contributed by atoms with E-state index in [1.54, 1.807) is 14.2 Å². The first kappa shape index (κ1) is 22.3. The van der Waals surface area contributed by atoms with Crippen LogP contribution in [0.4, 0.5) is 0 Å². The zero-order chi connectivity index (χ0) is 19.4. The van der Waals surface area contributed by atoms with Crippen molar-refractivity contribution in [1.29, 1.82) is 0 Å². The molecule has 1 aromatic carbocycles. The van der Waals surface area contributed by atoms with Crippen LogP contribution in [0, 0.1) is 5.41 Å². The predicted molar refractivity (Wildman–Crippen MR) is 107 cm³/mol. The van der Waals surface area contributed by atoms with Gasteiger partial charge in [-0.2, -0.15) is 0 Å². The van der Waals surface area contributed by atoms with Gasteiger partial charge in [-0.1, -0.05) is 32.9 Å². The van der Waals surface area contributed by atoms with E-state index in [0.717, 1.165) is 23.8 Å². The molecule has 1 aromatic rings. The van der Waals surface area contributed by atoms with Crippen molar-refractivity contribution in [2.24, 2.45) is 10.4 Å². The molecule has 0 saturated heterocycles. The molecule has 0 spiro atoms. The summed E-state index contributed by atoms with van der Waals surface area (Å²) in [7, 11) is 3.41. The lowest BCUT2D eigenvalue weighted by atomic mass is 9.89. The summed E-state index contributed by atoms with van der Waals surface area (Å²) in [6, 6.07) is 7.98. The number of hydrogen-bond donors (Lipinski definition) is 2. The average Bonchev–Trinajstić information content (AvgIpc) is 2.60. The standard InChI is InChI=1S/C20H35N3O3/c1-7-21-19(23-15-18(25-6)20(2,3)4)22-14-16-8-10-17(11-9-16)26-13-12-24-5/h8-11,18H,7,12-15H2,1-6H3,(H2,21,22,23). The fraction of sp³-hybridized carbons (Fsp3) is 0.650. The Morgan fingerprint density at radius 3 is 2.31 bits per heavy atom. The summed E-state index contributed by atoms with van der Waals surface area (Å²) >= 11 is 0. The van der Waals surface area contributed by atoms with Crippen molar-refractivity contribution >= 4 is 5.96 Å². The van der Waals surface area contributed by atoms with Gasteiger partial charge in [-0.05, 0) is 30.0 Å². The highest BCUT2D eigenvalue weighted by atomic mass is 16.5. The number of rotatable bonds is 10. The zero-order valence-corrected chi connectivity index (χ0v) is 17.1. The molecule has 0 radical (unpaired) electrons. The summed E-state index contributed by atoms with van der Waals surface area (Å²) < 4.78 is 16.1. The van der Waals surface area contributed by atoms with Crippen molar-refractivity contribution in [2.45, 2.75) is 40.3 Å². The third-order valence-corrected chi connectivity index (χ3v) is 3.95. The van der Waals surface area contributed by atoms with Crippen LogP contribution in [-0.4, -0.2) is 52.6 Å². The fourth-order valence-electron chi connectivity index (χ4n) is 2.38. The van der Waals surface area contributed by atoms with Crippen LogP contribution in [0.25, 0.3) is 0 Å². The molecule has 148 valence electrons. The van der Waals surface area contributed by atoms with Gasteiger partial charge in [0.2, 0.25) is 0 Å². The molecule has 1 rings (SSSR count). The molecule has 0 aliphatic heterocycles. The molecule has 0 heterocycles. The monoisotopic (exact) mass is 365 g/mol. The minimum Gasteiger partial charge on any atom is -0.491 e. The van der Waals surface area contributed by atoms with Crippen LogP contribution >= 0.6 is 0 Å². The minimum atomic E-state index is 0.0672. The SMILES string of the molecule is CCNC(=NCc1ccc(OCCOC)cc1)NCC(OC)C(C)(C)C. The molecule has 0 saturated carbocycles. The number of aliphatic imine (C=N–C) groups is 1. The van der Waals surface area contributed by atoms with E-state index in [0.29, 0.717) is 26.3 Å². The zero-order valence-electron chi connectivity index (χ0n) is 17.1. The van der Waals surface area contributed by atoms with Gasteiger partial charge in [-0.3, -0.25) is 0 Å². The summed E-state index contributed by atoms with van der Waals surface area (Å²) in [6.07, 6.45) is 0.106. The summed E-state index contributed by atoms with van der Waals surface area (Å²) in [5, 5.41) is 6.64. The van der Waals surface area contributed by atoms with Crippen LogP contribution in [0.3, 0.4) is 0 Å². The van der Waals surface area contributed by atoms with Crippen LogP contribution in [0.15, 0.2) is 29.3 Å². The lowest BCUT2D eigenvalue weighted by molar-refractivity contribution is 0.0205. The molecule has 0 aromatic heterocycles. The van der Waals surface area contributed by atoms with Crippen LogP contribution in [0.1, 0.15) is 33.3 Å². The summed E-state index contributed by atoms with van der Waals surface area (Å²) in [5.74, 6) is 1.63. The van der Waals surface area contributed by atoms with Crippen molar-refractivity contribution < 1.29 is 14.2 Å². The molecular formula is C20H35N3O3. The molecule has 2 N–H and O–H groups in total. The number of nitrogens with one attached hydrogen (secondary N) is 2. The van der Waals surface area contributed by atoms with Gasteiger partial charge in [-0.25, -0.2) is 4.99 Å². The highest BCUT2D eigenvalue weighted by Crippen LogP contribution is 2.20. The van der Waals surface area contributed by atoms with Crippen molar-refractivity contribution in [3.05, 3.63) is 29.8 Å². The molecule has 0 fully saturated rings. The molecule has 0 amide bonds. The molecule has 1 unspecified atom stereocenters. The number of ether oxygens (including phenoxy) is 3. The van der Waals surface area contributed by atoms with Gasteiger partial charge in [0.1, 0.15) is 12.4 Å². The highest BCUT2D eigenvalue weighted by Gasteiger charge is 2.24. The number of guanidine groups is 1. The van der Waals surface area contributed by atoms with Crippen LogP contribution < -0.4 is 15.4 Å². The Morgan fingerprint density at radius 1 is 1.08 bits per heavy atom. The topological polar surface area (TPSA) is 64.1 Å². The molecule has 26 heavy (non-hydrogen) atoms. The molecule has 1 atom stereocenters. The molecule has 6 heteroatoms. The van der Waals surface area contributed by atoms with Crippen molar-refractivity contribution in [3.63, 3.8) is 0 Å². The maximum atomic E-state index is 5.59.